The Balaban J connectivity index is 3.72. The quantitative estimate of drug-likeness (QED) is 0.628. The first-order valence-corrected chi connectivity index (χ1v) is 4.03. The second-order valence-corrected chi connectivity index (χ2v) is 2.95. The molecule has 0 unspecified atom stereocenters. The van der Waals surface area contributed by atoms with Crippen molar-refractivity contribution < 1.29 is 9.90 Å². The number of nitrogens with one attached hydrogen (secondary N) is 1. The van der Waals surface area contributed by atoms with E-state index in [1.807, 2.05) is 20.8 Å². The third-order valence-electron chi connectivity index (χ3n) is 1.58. The molecule has 0 aromatic heterocycles. The monoisotopic (exact) mass is 159 g/mol. The lowest BCUT2D eigenvalue weighted by atomic mass is 10.1. The fourth-order valence-corrected chi connectivity index (χ4v) is 0.645. The molecule has 0 radical (unpaired) electrons. The van der Waals surface area contributed by atoms with Gasteiger partial charge in [-0.15, -0.1) is 0 Å². The normalized spacial score (nSPS) is 13.2. The summed E-state index contributed by atoms with van der Waals surface area (Å²) in [4.78, 5) is 11.0. The van der Waals surface area contributed by atoms with Crippen LogP contribution in [0.5, 0.6) is 0 Å². The van der Waals surface area contributed by atoms with Gasteiger partial charge in [-0.25, -0.2) is 0 Å². The Morgan fingerprint density at radius 2 is 2.09 bits per heavy atom. The summed E-state index contributed by atoms with van der Waals surface area (Å²) >= 11 is 0. The molecule has 0 spiro atoms. The average Bonchev–Trinajstić information content (AvgIpc) is 1.99. The summed E-state index contributed by atoms with van der Waals surface area (Å²) in [5.41, 5.74) is 0. The zero-order chi connectivity index (χ0) is 8.85. The molecule has 0 fully saturated rings. The summed E-state index contributed by atoms with van der Waals surface area (Å²) in [7, 11) is 0. The first kappa shape index (κ1) is 10.4. The molecule has 0 saturated carbocycles. The minimum absolute atomic E-state index is 0.00407. The van der Waals surface area contributed by atoms with Gasteiger partial charge in [0.15, 0.2) is 0 Å². The molecule has 3 heteroatoms. The summed E-state index contributed by atoms with van der Waals surface area (Å²) in [6.45, 7) is 5.62. The largest absolute Gasteiger partial charge is 0.394 e. The maximum atomic E-state index is 11.0. The van der Waals surface area contributed by atoms with Crippen LogP contribution < -0.4 is 5.32 Å². The first-order chi connectivity index (χ1) is 5.11. The van der Waals surface area contributed by atoms with Gasteiger partial charge in [0.05, 0.1) is 12.6 Å². The fraction of sp³-hybridized carbons (Fsp3) is 0.875. The predicted molar refractivity (Wildman–Crippen MR) is 44.1 cm³/mol. The molecule has 0 aliphatic carbocycles. The molecule has 1 amide bonds. The summed E-state index contributed by atoms with van der Waals surface area (Å²) < 4.78 is 0. The fourth-order valence-electron chi connectivity index (χ4n) is 0.645. The van der Waals surface area contributed by atoms with E-state index in [9.17, 15) is 4.79 Å². The van der Waals surface area contributed by atoms with Crippen LogP contribution in [0.15, 0.2) is 0 Å². The van der Waals surface area contributed by atoms with Gasteiger partial charge in [0.25, 0.3) is 0 Å². The van der Waals surface area contributed by atoms with E-state index in [2.05, 4.69) is 5.32 Å². The molecular formula is C8H17NO2. The van der Waals surface area contributed by atoms with Crippen molar-refractivity contribution in [1.29, 1.82) is 0 Å². The molecule has 0 heterocycles. The summed E-state index contributed by atoms with van der Waals surface area (Å²) in [5, 5.41) is 11.5. The van der Waals surface area contributed by atoms with Gasteiger partial charge >= 0.3 is 0 Å². The molecule has 3 nitrogen and oxygen atoms in total. The molecular weight excluding hydrogens is 142 g/mol. The van der Waals surface area contributed by atoms with Crippen molar-refractivity contribution in [3.63, 3.8) is 0 Å². The van der Waals surface area contributed by atoms with Crippen LogP contribution in [-0.4, -0.2) is 23.7 Å². The zero-order valence-corrected chi connectivity index (χ0v) is 7.42. The third kappa shape index (κ3) is 3.98. The van der Waals surface area contributed by atoms with E-state index >= 15 is 0 Å². The molecule has 0 aliphatic heterocycles. The summed E-state index contributed by atoms with van der Waals surface area (Å²) in [5.74, 6) is 0.00139. The first-order valence-electron chi connectivity index (χ1n) is 4.03. The van der Waals surface area contributed by atoms with Crippen molar-refractivity contribution in [2.75, 3.05) is 6.61 Å². The van der Waals surface area contributed by atoms with E-state index in [-0.39, 0.29) is 24.5 Å². The van der Waals surface area contributed by atoms with Gasteiger partial charge in [-0.3, -0.25) is 4.79 Å². The van der Waals surface area contributed by atoms with Crippen molar-refractivity contribution >= 4 is 5.91 Å². The number of carbonyl (C=O) groups is 1. The van der Waals surface area contributed by atoms with Gasteiger partial charge in [-0.1, -0.05) is 20.8 Å². The lowest BCUT2D eigenvalue weighted by molar-refractivity contribution is -0.125. The molecule has 0 saturated heterocycles. The highest BCUT2D eigenvalue weighted by atomic mass is 16.3. The minimum atomic E-state index is -0.0788. The Bertz CT molecular complexity index is 119. The topological polar surface area (TPSA) is 49.3 Å². The van der Waals surface area contributed by atoms with E-state index in [0.717, 1.165) is 6.42 Å². The molecule has 1 atom stereocenters. The Hall–Kier alpha value is -0.570. The van der Waals surface area contributed by atoms with E-state index in [1.54, 1.807) is 0 Å². The molecule has 0 aliphatic rings. The zero-order valence-electron chi connectivity index (χ0n) is 7.42. The second kappa shape index (κ2) is 5.13. The van der Waals surface area contributed by atoms with Gasteiger partial charge in [-0.05, 0) is 6.42 Å². The Morgan fingerprint density at radius 1 is 1.55 bits per heavy atom. The lowest BCUT2D eigenvalue weighted by Gasteiger charge is -2.15. The van der Waals surface area contributed by atoms with Crippen LogP contribution in [0, 0.1) is 5.92 Å². The van der Waals surface area contributed by atoms with Crippen molar-refractivity contribution in [1.82, 2.24) is 5.32 Å². The number of aliphatic hydroxyl groups excluding tert-OH is 1. The Kier molecular flexibility index (Phi) is 4.86. The van der Waals surface area contributed by atoms with Crippen LogP contribution >= 0.6 is 0 Å². The van der Waals surface area contributed by atoms with Crippen LogP contribution in [-0.2, 0) is 4.79 Å². The van der Waals surface area contributed by atoms with Crippen molar-refractivity contribution in [3.8, 4) is 0 Å². The number of aliphatic hydroxyl groups is 1. The second-order valence-electron chi connectivity index (χ2n) is 2.95. The number of hydrogen-bond acceptors (Lipinski definition) is 2. The van der Waals surface area contributed by atoms with Gasteiger partial charge < -0.3 is 10.4 Å². The Morgan fingerprint density at radius 3 is 2.36 bits per heavy atom. The molecule has 11 heavy (non-hydrogen) atoms. The van der Waals surface area contributed by atoms with E-state index < -0.39 is 0 Å². The number of amides is 1. The molecule has 66 valence electrons. The van der Waals surface area contributed by atoms with E-state index in [0.29, 0.717) is 0 Å². The van der Waals surface area contributed by atoms with Gasteiger partial charge in [0.2, 0.25) is 5.91 Å². The van der Waals surface area contributed by atoms with Crippen LogP contribution in [0.4, 0.5) is 0 Å². The van der Waals surface area contributed by atoms with Crippen LogP contribution in [0.25, 0.3) is 0 Å². The Labute approximate surface area is 67.8 Å². The molecule has 2 N–H and O–H groups in total. The highest BCUT2D eigenvalue weighted by Crippen LogP contribution is 1.95. The summed E-state index contributed by atoms with van der Waals surface area (Å²) in [6.07, 6.45) is 0.773. The van der Waals surface area contributed by atoms with Crippen LogP contribution in [0.1, 0.15) is 27.2 Å². The maximum Gasteiger partial charge on any atom is 0.222 e. The lowest BCUT2D eigenvalue weighted by Crippen LogP contribution is -2.39. The molecule has 0 rings (SSSR count). The SMILES string of the molecule is CC[C@@H](CO)NC(=O)C(C)C. The van der Waals surface area contributed by atoms with Crippen molar-refractivity contribution in [2.24, 2.45) is 5.92 Å². The minimum Gasteiger partial charge on any atom is -0.394 e. The predicted octanol–water partition coefficient (Wildman–Crippen LogP) is 0.529. The number of rotatable bonds is 4. The number of carbonyl (C=O) groups excluding carboxylic acids is 1. The highest BCUT2D eigenvalue weighted by molar-refractivity contribution is 5.78. The maximum absolute atomic E-state index is 11.0. The van der Waals surface area contributed by atoms with E-state index in [4.69, 9.17) is 5.11 Å². The average molecular weight is 159 g/mol. The third-order valence-corrected chi connectivity index (χ3v) is 1.58. The van der Waals surface area contributed by atoms with Gasteiger partial charge in [-0.2, -0.15) is 0 Å². The van der Waals surface area contributed by atoms with Crippen LogP contribution in [0.2, 0.25) is 0 Å². The van der Waals surface area contributed by atoms with Crippen molar-refractivity contribution in [3.05, 3.63) is 0 Å². The molecule has 0 aromatic carbocycles. The summed E-state index contributed by atoms with van der Waals surface area (Å²) in [6, 6.07) is -0.0788. The van der Waals surface area contributed by atoms with Gasteiger partial charge in [0.1, 0.15) is 0 Å². The molecule has 0 bridgehead atoms. The van der Waals surface area contributed by atoms with E-state index in [1.165, 1.54) is 0 Å². The number of hydrogen-bond donors (Lipinski definition) is 2. The van der Waals surface area contributed by atoms with Crippen molar-refractivity contribution in [2.45, 2.75) is 33.2 Å². The van der Waals surface area contributed by atoms with Crippen LogP contribution in [0.3, 0.4) is 0 Å². The smallest absolute Gasteiger partial charge is 0.222 e. The highest BCUT2D eigenvalue weighted by Gasteiger charge is 2.11. The van der Waals surface area contributed by atoms with Gasteiger partial charge in [0, 0.05) is 5.92 Å². The standard InChI is InChI=1S/C8H17NO2/c1-4-7(5-10)9-8(11)6(2)3/h6-7,10H,4-5H2,1-3H3,(H,9,11)/t7-/m0/s1. The molecule has 0 aromatic rings.